The minimum atomic E-state index is -0.0346. The number of hydrazine groups is 1. The van der Waals surface area contributed by atoms with Gasteiger partial charge in [-0.25, -0.2) is 5.43 Å². The van der Waals surface area contributed by atoms with Crippen molar-refractivity contribution in [2.75, 3.05) is 0 Å². The van der Waals surface area contributed by atoms with Crippen LogP contribution >= 0.6 is 0 Å². The highest BCUT2D eigenvalue weighted by Crippen LogP contribution is 2.41. The summed E-state index contributed by atoms with van der Waals surface area (Å²) in [5.74, 6) is 7.45. The van der Waals surface area contributed by atoms with E-state index in [-0.39, 0.29) is 18.2 Å². The molecule has 2 aromatic rings. The summed E-state index contributed by atoms with van der Waals surface area (Å²) < 4.78 is 12.0. The van der Waals surface area contributed by atoms with Crippen LogP contribution < -0.4 is 11.3 Å². The summed E-state index contributed by atoms with van der Waals surface area (Å²) in [5.41, 5.74) is 5.08. The van der Waals surface area contributed by atoms with E-state index in [2.05, 4.69) is 51.3 Å². The molecule has 1 fully saturated rings. The molecule has 3 rings (SSSR count). The first kappa shape index (κ1) is 14.6. The normalized spacial score (nSPS) is 30.9. The van der Waals surface area contributed by atoms with Gasteiger partial charge in [0.1, 0.15) is 11.3 Å². The van der Waals surface area contributed by atoms with Crippen LogP contribution in [0.1, 0.15) is 38.1 Å². The Bertz CT molecular complexity index is 637. The van der Waals surface area contributed by atoms with Gasteiger partial charge in [0.15, 0.2) is 0 Å². The SMILES string of the molecule is Cc1ccc2oc(C(NN)C3C(C)OC(C)C3C)cc2c1. The molecular formula is C17H24N2O2. The van der Waals surface area contributed by atoms with Crippen LogP contribution in [0.15, 0.2) is 28.7 Å². The Labute approximate surface area is 125 Å². The third-order valence-electron chi connectivity index (χ3n) is 4.88. The van der Waals surface area contributed by atoms with Crippen molar-refractivity contribution in [1.29, 1.82) is 0 Å². The first-order valence-electron chi connectivity index (χ1n) is 7.63. The maximum absolute atomic E-state index is 6.02. The van der Waals surface area contributed by atoms with Crippen molar-refractivity contribution in [3.05, 3.63) is 35.6 Å². The van der Waals surface area contributed by atoms with Gasteiger partial charge in [0, 0.05) is 11.3 Å². The summed E-state index contributed by atoms with van der Waals surface area (Å²) in [4.78, 5) is 0. The molecule has 3 N–H and O–H groups in total. The standard InChI is InChI=1S/C17H24N2O2/c1-9-5-6-14-13(7-9)8-15(21-14)17(19-18)16-10(2)11(3)20-12(16)4/h5-8,10-12,16-17,19H,18H2,1-4H3. The molecule has 1 aliphatic heterocycles. The number of nitrogens with two attached hydrogens (primary N) is 1. The Morgan fingerprint density at radius 2 is 1.90 bits per heavy atom. The molecule has 1 aliphatic rings. The van der Waals surface area contributed by atoms with Crippen LogP contribution in [0.25, 0.3) is 11.0 Å². The highest BCUT2D eigenvalue weighted by atomic mass is 16.5. The number of benzene rings is 1. The van der Waals surface area contributed by atoms with Gasteiger partial charge in [-0.15, -0.1) is 0 Å². The summed E-state index contributed by atoms with van der Waals surface area (Å²) in [6.45, 7) is 8.54. The number of fused-ring (bicyclic) bond motifs is 1. The van der Waals surface area contributed by atoms with Crippen LogP contribution in [0.5, 0.6) is 0 Å². The van der Waals surface area contributed by atoms with Gasteiger partial charge in [-0.05, 0) is 44.9 Å². The van der Waals surface area contributed by atoms with E-state index in [1.807, 2.05) is 6.07 Å². The molecular weight excluding hydrogens is 264 g/mol. The summed E-state index contributed by atoms with van der Waals surface area (Å²) in [6.07, 6.45) is 0.401. The number of aryl methyl sites for hydroxylation is 1. The van der Waals surface area contributed by atoms with Gasteiger partial charge in [0.05, 0.1) is 18.2 Å². The molecule has 2 heterocycles. The molecule has 4 heteroatoms. The Morgan fingerprint density at radius 1 is 1.14 bits per heavy atom. The van der Waals surface area contributed by atoms with Crippen LogP contribution in [-0.4, -0.2) is 12.2 Å². The molecule has 5 atom stereocenters. The first-order valence-corrected chi connectivity index (χ1v) is 7.63. The smallest absolute Gasteiger partial charge is 0.134 e. The van der Waals surface area contributed by atoms with Crippen molar-refractivity contribution >= 4 is 11.0 Å². The average Bonchev–Trinajstić information content (AvgIpc) is 2.95. The Hall–Kier alpha value is -1.36. The van der Waals surface area contributed by atoms with Gasteiger partial charge in [-0.2, -0.15) is 0 Å². The topological polar surface area (TPSA) is 60.4 Å². The quantitative estimate of drug-likeness (QED) is 0.672. The van der Waals surface area contributed by atoms with Crippen LogP contribution in [0.3, 0.4) is 0 Å². The van der Waals surface area contributed by atoms with Gasteiger partial charge in [0.25, 0.3) is 0 Å². The average molecular weight is 288 g/mol. The molecule has 1 aromatic carbocycles. The second-order valence-electron chi connectivity index (χ2n) is 6.32. The number of rotatable bonds is 3. The molecule has 1 saturated heterocycles. The molecule has 114 valence electrons. The maximum Gasteiger partial charge on any atom is 0.134 e. The van der Waals surface area contributed by atoms with Crippen LogP contribution in [-0.2, 0) is 4.74 Å². The van der Waals surface area contributed by atoms with Crippen molar-refractivity contribution in [2.45, 2.75) is 45.9 Å². The summed E-state index contributed by atoms with van der Waals surface area (Å²) in [7, 11) is 0. The first-order chi connectivity index (χ1) is 10.0. The highest BCUT2D eigenvalue weighted by Gasteiger charge is 2.43. The zero-order chi connectivity index (χ0) is 15.1. The Kier molecular flexibility index (Phi) is 3.78. The molecule has 0 amide bonds. The fourth-order valence-electron chi connectivity index (χ4n) is 3.59. The minimum absolute atomic E-state index is 0.0346. The maximum atomic E-state index is 6.02. The van der Waals surface area contributed by atoms with Crippen LogP contribution in [0, 0.1) is 18.8 Å². The second-order valence-corrected chi connectivity index (χ2v) is 6.32. The van der Waals surface area contributed by atoms with Gasteiger partial charge in [-0.1, -0.05) is 18.6 Å². The third kappa shape index (κ3) is 2.48. The highest BCUT2D eigenvalue weighted by molar-refractivity contribution is 5.78. The molecule has 1 aromatic heterocycles. The minimum Gasteiger partial charge on any atom is -0.459 e. The Morgan fingerprint density at radius 3 is 2.52 bits per heavy atom. The summed E-state index contributed by atoms with van der Waals surface area (Å²) in [5, 5.41) is 1.12. The van der Waals surface area contributed by atoms with Crippen molar-refractivity contribution in [1.82, 2.24) is 5.43 Å². The van der Waals surface area contributed by atoms with E-state index in [0.717, 1.165) is 16.7 Å². The number of hydrogen-bond donors (Lipinski definition) is 2. The molecule has 21 heavy (non-hydrogen) atoms. The van der Waals surface area contributed by atoms with E-state index < -0.39 is 0 Å². The lowest BCUT2D eigenvalue weighted by Gasteiger charge is -2.26. The number of ether oxygens (including phenoxy) is 1. The van der Waals surface area contributed by atoms with E-state index in [1.165, 1.54) is 5.56 Å². The molecule has 0 saturated carbocycles. The van der Waals surface area contributed by atoms with Crippen molar-refractivity contribution in [2.24, 2.45) is 17.7 Å². The van der Waals surface area contributed by atoms with Crippen LogP contribution in [0.2, 0.25) is 0 Å². The largest absolute Gasteiger partial charge is 0.459 e. The molecule has 0 bridgehead atoms. The van der Waals surface area contributed by atoms with E-state index in [4.69, 9.17) is 15.0 Å². The fourth-order valence-corrected chi connectivity index (χ4v) is 3.59. The van der Waals surface area contributed by atoms with E-state index in [1.54, 1.807) is 0 Å². The third-order valence-corrected chi connectivity index (χ3v) is 4.88. The Balaban J connectivity index is 1.98. The second kappa shape index (κ2) is 5.44. The lowest BCUT2D eigenvalue weighted by molar-refractivity contribution is 0.0466. The van der Waals surface area contributed by atoms with E-state index in [0.29, 0.717) is 11.8 Å². The molecule has 0 aliphatic carbocycles. The lowest BCUT2D eigenvalue weighted by Crippen LogP contribution is -2.38. The summed E-state index contributed by atoms with van der Waals surface area (Å²) in [6, 6.07) is 8.27. The summed E-state index contributed by atoms with van der Waals surface area (Å²) >= 11 is 0. The molecule has 0 radical (unpaired) electrons. The fraction of sp³-hybridized carbons (Fsp3) is 0.529. The van der Waals surface area contributed by atoms with Gasteiger partial charge in [0.2, 0.25) is 0 Å². The molecule has 4 nitrogen and oxygen atoms in total. The van der Waals surface area contributed by atoms with E-state index in [9.17, 15) is 0 Å². The zero-order valence-electron chi connectivity index (χ0n) is 13.1. The number of furan rings is 1. The zero-order valence-corrected chi connectivity index (χ0v) is 13.1. The predicted octanol–water partition coefficient (Wildman–Crippen LogP) is 3.31. The van der Waals surface area contributed by atoms with Crippen molar-refractivity contribution in [3.8, 4) is 0 Å². The van der Waals surface area contributed by atoms with E-state index >= 15 is 0 Å². The van der Waals surface area contributed by atoms with Gasteiger partial charge >= 0.3 is 0 Å². The van der Waals surface area contributed by atoms with Gasteiger partial charge < -0.3 is 9.15 Å². The lowest BCUT2D eigenvalue weighted by atomic mass is 9.82. The number of hydrogen-bond acceptors (Lipinski definition) is 4. The van der Waals surface area contributed by atoms with Crippen LogP contribution in [0.4, 0.5) is 0 Å². The van der Waals surface area contributed by atoms with Crippen molar-refractivity contribution in [3.63, 3.8) is 0 Å². The molecule has 5 unspecified atom stereocenters. The molecule has 0 spiro atoms. The monoisotopic (exact) mass is 288 g/mol. The predicted molar refractivity (Wildman–Crippen MR) is 83.7 cm³/mol. The van der Waals surface area contributed by atoms with Crippen molar-refractivity contribution < 1.29 is 9.15 Å². The van der Waals surface area contributed by atoms with Gasteiger partial charge in [-0.3, -0.25) is 5.84 Å². The number of nitrogens with one attached hydrogen (secondary N) is 1.